The molecule has 0 radical (unpaired) electrons. The molecule has 0 bridgehead atoms. The predicted octanol–water partition coefficient (Wildman–Crippen LogP) is 4.00. The third-order valence-electron chi connectivity index (χ3n) is 3.05. The topological polar surface area (TPSA) is 47.0 Å². The van der Waals surface area contributed by atoms with Gasteiger partial charge in [-0.15, -0.1) is 0 Å². The number of hydrogen-bond acceptors (Lipinski definition) is 4. The van der Waals surface area contributed by atoms with E-state index in [-0.39, 0.29) is 0 Å². The van der Waals surface area contributed by atoms with Crippen molar-refractivity contribution in [2.75, 3.05) is 11.9 Å². The van der Waals surface area contributed by atoms with Crippen molar-refractivity contribution < 1.29 is 4.74 Å². The smallest absolute Gasteiger partial charge is 0.168 e. The Morgan fingerprint density at radius 3 is 2.57 bits per heavy atom. The summed E-state index contributed by atoms with van der Waals surface area (Å²) in [6.07, 6.45) is 1.07. The SMILES string of the molecule is CCCNc1cc(C(C)C)nc(COc2ccccc2)n1. The lowest BCUT2D eigenvalue weighted by Crippen LogP contribution is -2.10. The van der Waals surface area contributed by atoms with E-state index in [9.17, 15) is 0 Å². The maximum atomic E-state index is 5.73. The van der Waals surface area contributed by atoms with Crippen molar-refractivity contribution >= 4 is 5.82 Å². The number of nitrogens with one attached hydrogen (secondary N) is 1. The van der Waals surface area contributed by atoms with Crippen LogP contribution in [0.2, 0.25) is 0 Å². The number of ether oxygens (including phenoxy) is 1. The van der Waals surface area contributed by atoms with Crippen LogP contribution in [0.3, 0.4) is 0 Å². The molecule has 1 aromatic heterocycles. The van der Waals surface area contributed by atoms with E-state index >= 15 is 0 Å². The van der Waals surface area contributed by atoms with Crippen molar-refractivity contribution in [2.45, 2.75) is 39.7 Å². The molecule has 0 fully saturated rings. The molecular weight excluding hydrogens is 262 g/mol. The van der Waals surface area contributed by atoms with Crippen LogP contribution in [0.5, 0.6) is 5.75 Å². The van der Waals surface area contributed by atoms with E-state index in [1.807, 2.05) is 36.4 Å². The maximum Gasteiger partial charge on any atom is 0.168 e. The van der Waals surface area contributed by atoms with Crippen LogP contribution in [0.4, 0.5) is 5.82 Å². The summed E-state index contributed by atoms with van der Waals surface area (Å²) < 4.78 is 5.73. The number of aromatic nitrogens is 2. The average molecular weight is 285 g/mol. The zero-order chi connectivity index (χ0) is 15.1. The van der Waals surface area contributed by atoms with Crippen LogP contribution in [-0.2, 0) is 6.61 Å². The molecule has 112 valence electrons. The van der Waals surface area contributed by atoms with Crippen molar-refractivity contribution in [3.8, 4) is 5.75 Å². The number of nitrogens with zero attached hydrogens (tertiary/aromatic N) is 2. The van der Waals surface area contributed by atoms with Crippen LogP contribution in [0.1, 0.15) is 44.6 Å². The van der Waals surface area contributed by atoms with E-state index in [1.165, 1.54) is 0 Å². The van der Waals surface area contributed by atoms with Crippen molar-refractivity contribution in [1.29, 1.82) is 0 Å². The second kappa shape index (κ2) is 7.62. The molecule has 0 aliphatic heterocycles. The highest BCUT2D eigenvalue weighted by atomic mass is 16.5. The third-order valence-corrected chi connectivity index (χ3v) is 3.05. The summed E-state index contributed by atoms with van der Waals surface area (Å²) >= 11 is 0. The quantitative estimate of drug-likeness (QED) is 0.835. The second-order valence-electron chi connectivity index (χ2n) is 5.28. The lowest BCUT2D eigenvalue weighted by molar-refractivity contribution is 0.295. The summed E-state index contributed by atoms with van der Waals surface area (Å²) in [5, 5.41) is 3.32. The van der Waals surface area contributed by atoms with Gasteiger partial charge >= 0.3 is 0 Å². The number of rotatable bonds is 7. The molecule has 2 rings (SSSR count). The van der Waals surface area contributed by atoms with Gasteiger partial charge < -0.3 is 10.1 Å². The van der Waals surface area contributed by atoms with Crippen molar-refractivity contribution in [3.05, 3.63) is 47.9 Å². The van der Waals surface area contributed by atoms with Gasteiger partial charge in [-0.25, -0.2) is 9.97 Å². The molecule has 4 nitrogen and oxygen atoms in total. The van der Waals surface area contributed by atoms with Crippen LogP contribution >= 0.6 is 0 Å². The number of benzene rings is 1. The molecule has 0 amide bonds. The Bertz CT molecular complexity index is 555. The van der Waals surface area contributed by atoms with E-state index in [4.69, 9.17) is 4.74 Å². The fourth-order valence-corrected chi connectivity index (χ4v) is 1.89. The fourth-order valence-electron chi connectivity index (χ4n) is 1.89. The van der Waals surface area contributed by atoms with Gasteiger partial charge in [-0.1, -0.05) is 39.0 Å². The first kappa shape index (κ1) is 15.3. The summed E-state index contributed by atoms with van der Waals surface area (Å²) in [5.74, 6) is 2.79. The summed E-state index contributed by atoms with van der Waals surface area (Å²) in [5.41, 5.74) is 1.04. The van der Waals surface area contributed by atoms with Crippen LogP contribution in [-0.4, -0.2) is 16.5 Å². The first-order valence-corrected chi connectivity index (χ1v) is 7.48. The number of para-hydroxylation sites is 1. The van der Waals surface area contributed by atoms with Gasteiger partial charge in [0, 0.05) is 18.3 Å². The zero-order valence-corrected chi connectivity index (χ0v) is 13.0. The molecule has 4 heteroatoms. The van der Waals surface area contributed by atoms with Gasteiger partial charge in [0.25, 0.3) is 0 Å². The molecule has 1 heterocycles. The van der Waals surface area contributed by atoms with Crippen LogP contribution in [0.15, 0.2) is 36.4 Å². The van der Waals surface area contributed by atoms with E-state index in [0.29, 0.717) is 18.3 Å². The zero-order valence-electron chi connectivity index (χ0n) is 13.0. The van der Waals surface area contributed by atoms with Gasteiger partial charge in [0.05, 0.1) is 0 Å². The minimum absolute atomic E-state index is 0.366. The monoisotopic (exact) mass is 285 g/mol. The highest BCUT2D eigenvalue weighted by Gasteiger charge is 2.08. The Morgan fingerprint density at radius 2 is 1.90 bits per heavy atom. The van der Waals surface area contributed by atoms with E-state index in [2.05, 4.69) is 36.1 Å². The molecular formula is C17H23N3O. The Hall–Kier alpha value is -2.10. The molecule has 0 saturated heterocycles. The normalized spacial score (nSPS) is 10.7. The molecule has 0 unspecified atom stereocenters. The second-order valence-corrected chi connectivity index (χ2v) is 5.28. The van der Waals surface area contributed by atoms with Crippen LogP contribution < -0.4 is 10.1 Å². The Morgan fingerprint density at radius 1 is 1.14 bits per heavy atom. The fraction of sp³-hybridized carbons (Fsp3) is 0.412. The molecule has 21 heavy (non-hydrogen) atoms. The van der Waals surface area contributed by atoms with Gasteiger partial charge in [0.15, 0.2) is 5.82 Å². The molecule has 0 spiro atoms. The maximum absolute atomic E-state index is 5.73. The number of hydrogen-bond donors (Lipinski definition) is 1. The lowest BCUT2D eigenvalue weighted by Gasteiger charge is -2.12. The molecule has 0 aliphatic carbocycles. The van der Waals surface area contributed by atoms with Crippen LogP contribution in [0, 0.1) is 0 Å². The molecule has 1 N–H and O–H groups in total. The first-order valence-electron chi connectivity index (χ1n) is 7.48. The molecule has 0 atom stereocenters. The molecule has 1 aromatic carbocycles. The van der Waals surface area contributed by atoms with Gasteiger partial charge in [0.2, 0.25) is 0 Å². The molecule has 0 aliphatic rings. The predicted molar refractivity (Wildman–Crippen MR) is 85.7 cm³/mol. The summed E-state index contributed by atoms with van der Waals surface area (Å²) in [4.78, 5) is 9.10. The van der Waals surface area contributed by atoms with Gasteiger partial charge in [-0.3, -0.25) is 0 Å². The van der Waals surface area contributed by atoms with Crippen molar-refractivity contribution in [1.82, 2.24) is 9.97 Å². The van der Waals surface area contributed by atoms with E-state index in [0.717, 1.165) is 30.2 Å². The Kier molecular flexibility index (Phi) is 5.55. The largest absolute Gasteiger partial charge is 0.486 e. The molecule has 2 aromatic rings. The average Bonchev–Trinajstić information content (AvgIpc) is 2.51. The summed E-state index contributed by atoms with van der Waals surface area (Å²) in [7, 11) is 0. The molecule has 0 saturated carbocycles. The Balaban J connectivity index is 2.11. The van der Waals surface area contributed by atoms with E-state index in [1.54, 1.807) is 0 Å². The third kappa shape index (κ3) is 4.74. The highest BCUT2D eigenvalue weighted by Crippen LogP contribution is 2.17. The van der Waals surface area contributed by atoms with Crippen molar-refractivity contribution in [2.24, 2.45) is 0 Å². The van der Waals surface area contributed by atoms with Gasteiger partial charge in [-0.2, -0.15) is 0 Å². The Labute approximate surface area is 126 Å². The lowest BCUT2D eigenvalue weighted by atomic mass is 10.1. The minimum Gasteiger partial charge on any atom is -0.486 e. The van der Waals surface area contributed by atoms with Gasteiger partial charge in [-0.05, 0) is 24.5 Å². The van der Waals surface area contributed by atoms with E-state index < -0.39 is 0 Å². The highest BCUT2D eigenvalue weighted by molar-refractivity contribution is 5.37. The van der Waals surface area contributed by atoms with Gasteiger partial charge in [0.1, 0.15) is 18.2 Å². The first-order chi connectivity index (χ1) is 10.2. The summed E-state index contributed by atoms with van der Waals surface area (Å²) in [6, 6.07) is 11.8. The van der Waals surface area contributed by atoms with Crippen molar-refractivity contribution in [3.63, 3.8) is 0 Å². The van der Waals surface area contributed by atoms with Crippen LogP contribution in [0.25, 0.3) is 0 Å². The standard InChI is InChI=1S/C17H23N3O/c1-4-10-18-16-11-15(13(2)3)19-17(20-16)12-21-14-8-6-5-7-9-14/h5-9,11,13H,4,10,12H2,1-3H3,(H,18,19,20). The number of anilines is 1. The minimum atomic E-state index is 0.366. The summed E-state index contributed by atoms with van der Waals surface area (Å²) in [6.45, 7) is 7.69.